The summed E-state index contributed by atoms with van der Waals surface area (Å²) in [5, 5.41) is 5.64. The Hall–Kier alpha value is -3.68. The van der Waals surface area contributed by atoms with Crippen LogP contribution in [0, 0.1) is 5.82 Å². The van der Waals surface area contributed by atoms with E-state index < -0.39 is 5.91 Å². The number of carbonyl (C=O) groups excluding carboxylic acids is 2. The first-order valence-corrected chi connectivity index (χ1v) is 9.13. The number of halogens is 1. The highest BCUT2D eigenvalue weighted by molar-refractivity contribution is 6.04. The predicted octanol–water partition coefficient (Wildman–Crippen LogP) is 2.83. The summed E-state index contributed by atoms with van der Waals surface area (Å²) in [6.45, 7) is 0.407. The van der Waals surface area contributed by atoms with Crippen LogP contribution in [0.3, 0.4) is 0 Å². The summed E-state index contributed by atoms with van der Waals surface area (Å²) in [5.41, 5.74) is 2.60. The number of imidazole rings is 1. The molecule has 1 unspecified atom stereocenters. The molecule has 2 N–H and O–H groups in total. The van der Waals surface area contributed by atoms with Crippen LogP contribution < -0.4 is 15.5 Å². The van der Waals surface area contributed by atoms with Gasteiger partial charge in [-0.1, -0.05) is 12.1 Å². The van der Waals surface area contributed by atoms with Gasteiger partial charge in [-0.05, 0) is 42.0 Å². The van der Waals surface area contributed by atoms with E-state index >= 15 is 0 Å². The zero-order chi connectivity index (χ0) is 20.5. The van der Waals surface area contributed by atoms with Crippen LogP contribution in [0.15, 0.2) is 54.7 Å². The lowest BCUT2D eigenvalue weighted by Crippen LogP contribution is -2.38. The normalized spacial score (nSPS) is 15.4. The van der Waals surface area contributed by atoms with E-state index in [2.05, 4.69) is 15.6 Å². The van der Waals surface area contributed by atoms with Crippen molar-refractivity contribution in [1.82, 2.24) is 14.9 Å². The average molecular weight is 393 g/mol. The molecule has 2 amide bonds. The zero-order valence-corrected chi connectivity index (χ0v) is 16.0. The fraction of sp³-hybridized carbons (Fsp3) is 0.190. The topological polar surface area (TPSA) is 79.3 Å². The van der Waals surface area contributed by atoms with E-state index in [0.717, 1.165) is 11.3 Å². The van der Waals surface area contributed by atoms with Gasteiger partial charge in [0.25, 0.3) is 11.8 Å². The fourth-order valence-corrected chi connectivity index (χ4v) is 3.23. The number of aromatic nitrogens is 2. The van der Waals surface area contributed by atoms with Crippen LogP contribution in [0.25, 0.3) is 0 Å². The van der Waals surface area contributed by atoms with Crippen LogP contribution in [0.4, 0.5) is 15.8 Å². The highest BCUT2D eigenvalue weighted by Crippen LogP contribution is 2.22. The van der Waals surface area contributed by atoms with Crippen molar-refractivity contribution in [3.8, 4) is 0 Å². The minimum Gasteiger partial charge on any atom is -0.378 e. The number of benzene rings is 2. The molecule has 2 heterocycles. The lowest BCUT2D eigenvalue weighted by Gasteiger charge is -2.25. The van der Waals surface area contributed by atoms with Crippen LogP contribution in [-0.4, -0.2) is 35.5 Å². The number of fused-ring (bicyclic) bond motifs is 1. The van der Waals surface area contributed by atoms with E-state index in [-0.39, 0.29) is 29.3 Å². The summed E-state index contributed by atoms with van der Waals surface area (Å²) >= 11 is 0. The number of nitrogens with zero attached hydrogens (tertiary/aromatic N) is 3. The Labute approximate surface area is 167 Å². The minimum atomic E-state index is -0.393. The Morgan fingerprint density at radius 2 is 1.86 bits per heavy atom. The van der Waals surface area contributed by atoms with Crippen LogP contribution in [-0.2, 0) is 6.54 Å². The number of carbonyl (C=O) groups is 2. The number of hydrogen-bond donors (Lipinski definition) is 2. The van der Waals surface area contributed by atoms with Gasteiger partial charge >= 0.3 is 0 Å². The standard InChI is InChI=1S/C21H20FN5O2/c1-26(2)16-9-7-15(8-10-16)23-20(28)18-12-27-11-17(25-21(29)19(27)24-18)13-3-5-14(22)6-4-13/h3-10,12,17H,11H2,1-2H3,(H,23,28)(H,25,29). The van der Waals surface area contributed by atoms with Crippen molar-refractivity contribution in [2.24, 2.45) is 0 Å². The van der Waals surface area contributed by atoms with Gasteiger partial charge in [-0.25, -0.2) is 9.37 Å². The van der Waals surface area contributed by atoms with Crippen molar-refractivity contribution < 1.29 is 14.0 Å². The third kappa shape index (κ3) is 3.82. The molecule has 1 aromatic heterocycles. The van der Waals surface area contributed by atoms with Gasteiger partial charge in [0, 0.05) is 38.2 Å². The van der Waals surface area contributed by atoms with E-state index in [1.165, 1.54) is 12.1 Å². The van der Waals surface area contributed by atoms with Gasteiger partial charge in [0.2, 0.25) is 0 Å². The molecular weight excluding hydrogens is 373 g/mol. The first-order valence-electron chi connectivity index (χ1n) is 9.13. The molecule has 0 spiro atoms. The summed E-state index contributed by atoms with van der Waals surface area (Å²) in [7, 11) is 3.88. The Balaban J connectivity index is 1.51. The first-order chi connectivity index (χ1) is 13.9. The van der Waals surface area contributed by atoms with E-state index in [0.29, 0.717) is 12.2 Å². The van der Waals surface area contributed by atoms with Gasteiger partial charge in [-0.2, -0.15) is 0 Å². The number of hydrogen-bond acceptors (Lipinski definition) is 4. The largest absolute Gasteiger partial charge is 0.378 e. The molecule has 1 aliphatic rings. The third-order valence-corrected chi connectivity index (χ3v) is 4.81. The lowest BCUT2D eigenvalue weighted by atomic mass is 10.1. The minimum absolute atomic E-state index is 0.159. The maximum absolute atomic E-state index is 13.2. The molecule has 4 rings (SSSR count). The first kappa shape index (κ1) is 18.7. The summed E-state index contributed by atoms with van der Waals surface area (Å²) in [5.74, 6) is -0.927. The maximum atomic E-state index is 13.2. The second-order valence-corrected chi connectivity index (χ2v) is 7.08. The summed E-state index contributed by atoms with van der Waals surface area (Å²) in [4.78, 5) is 31.2. The van der Waals surface area contributed by atoms with Crippen molar-refractivity contribution in [2.75, 3.05) is 24.3 Å². The van der Waals surface area contributed by atoms with Gasteiger partial charge in [0.1, 0.15) is 11.5 Å². The Morgan fingerprint density at radius 3 is 2.52 bits per heavy atom. The molecule has 29 heavy (non-hydrogen) atoms. The number of rotatable bonds is 4. The fourth-order valence-electron chi connectivity index (χ4n) is 3.23. The van der Waals surface area contributed by atoms with Gasteiger partial charge in [-0.15, -0.1) is 0 Å². The Bertz CT molecular complexity index is 1060. The molecule has 8 heteroatoms. The molecular formula is C21H20FN5O2. The van der Waals surface area contributed by atoms with Crippen LogP contribution in [0.2, 0.25) is 0 Å². The zero-order valence-electron chi connectivity index (χ0n) is 16.0. The molecule has 1 aliphatic heterocycles. The van der Waals surface area contributed by atoms with Crippen molar-refractivity contribution in [3.05, 3.63) is 77.6 Å². The molecule has 2 aromatic carbocycles. The molecule has 0 fully saturated rings. The maximum Gasteiger partial charge on any atom is 0.287 e. The quantitative estimate of drug-likeness (QED) is 0.714. The average Bonchev–Trinajstić information content (AvgIpc) is 3.14. The molecule has 0 saturated carbocycles. The van der Waals surface area contributed by atoms with Crippen molar-refractivity contribution in [2.45, 2.75) is 12.6 Å². The van der Waals surface area contributed by atoms with Crippen molar-refractivity contribution >= 4 is 23.2 Å². The third-order valence-electron chi connectivity index (χ3n) is 4.81. The molecule has 3 aromatic rings. The van der Waals surface area contributed by atoms with Crippen molar-refractivity contribution in [3.63, 3.8) is 0 Å². The molecule has 7 nitrogen and oxygen atoms in total. The van der Waals surface area contributed by atoms with E-state index in [1.807, 2.05) is 31.1 Å². The van der Waals surface area contributed by atoms with Gasteiger partial charge in [0.05, 0.1) is 6.04 Å². The van der Waals surface area contributed by atoms with Gasteiger partial charge in [0.15, 0.2) is 5.82 Å². The van der Waals surface area contributed by atoms with Gasteiger partial charge < -0.3 is 20.1 Å². The molecule has 148 valence electrons. The summed E-state index contributed by atoms with van der Waals surface area (Å²) < 4.78 is 14.8. The second-order valence-electron chi connectivity index (χ2n) is 7.08. The highest BCUT2D eigenvalue weighted by Gasteiger charge is 2.28. The number of amides is 2. The number of anilines is 2. The van der Waals surface area contributed by atoms with Gasteiger partial charge in [-0.3, -0.25) is 9.59 Å². The lowest BCUT2D eigenvalue weighted by molar-refractivity contribution is 0.0894. The van der Waals surface area contributed by atoms with Crippen LogP contribution in [0.1, 0.15) is 32.7 Å². The molecule has 0 aliphatic carbocycles. The van der Waals surface area contributed by atoms with E-state index in [4.69, 9.17) is 0 Å². The molecule has 0 bridgehead atoms. The van der Waals surface area contributed by atoms with E-state index in [1.54, 1.807) is 35.0 Å². The predicted molar refractivity (Wildman–Crippen MR) is 108 cm³/mol. The smallest absolute Gasteiger partial charge is 0.287 e. The van der Waals surface area contributed by atoms with E-state index in [9.17, 15) is 14.0 Å². The Kier molecular flexibility index (Phi) is 4.75. The molecule has 1 atom stereocenters. The number of nitrogens with one attached hydrogen (secondary N) is 2. The highest BCUT2D eigenvalue weighted by atomic mass is 19.1. The molecule has 0 radical (unpaired) electrons. The van der Waals surface area contributed by atoms with Crippen LogP contribution >= 0.6 is 0 Å². The summed E-state index contributed by atoms with van der Waals surface area (Å²) in [6, 6.07) is 13.1. The summed E-state index contributed by atoms with van der Waals surface area (Å²) in [6.07, 6.45) is 1.56. The van der Waals surface area contributed by atoms with Crippen molar-refractivity contribution in [1.29, 1.82) is 0 Å². The second kappa shape index (κ2) is 7.38. The molecule has 0 saturated heterocycles. The SMILES string of the molecule is CN(C)c1ccc(NC(=O)c2cn3c(n2)C(=O)NC(c2ccc(F)cc2)C3)cc1. The Morgan fingerprint density at radius 1 is 1.17 bits per heavy atom. The monoisotopic (exact) mass is 393 g/mol. The van der Waals surface area contributed by atoms with Crippen LogP contribution in [0.5, 0.6) is 0 Å².